The fourth-order valence-electron chi connectivity index (χ4n) is 1.09. The number of ether oxygens (including phenoxy) is 1. The summed E-state index contributed by atoms with van der Waals surface area (Å²) in [7, 11) is -2.73. The Hall–Kier alpha value is -1.46. The third-order valence-corrected chi connectivity index (χ3v) is 3.02. The van der Waals surface area contributed by atoms with Crippen molar-refractivity contribution in [3.63, 3.8) is 0 Å². The van der Waals surface area contributed by atoms with E-state index in [2.05, 4.69) is 18.8 Å². The average molecular weight is 250 g/mol. The summed E-state index contributed by atoms with van der Waals surface area (Å²) in [5.41, 5.74) is 0.983. The van der Waals surface area contributed by atoms with Crippen molar-refractivity contribution in [3.8, 4) is 18.1 Å². The fraction of sp³-hybridized carbons (Fsp3) is 0.154. The minimum Gasteiger partial charge on any atom is -0.450 e. The van der Waals surface area contributed by atoms with Crippen LogP contribution in [0.15, 0.2) is 36.7 Å². The Morgan fingerprint density at radius 3 is 2.59 bits per heavy atom. The van der Waals surface area contributed by atoms with Gasteiger partial charge >= 0.3 is 0 Å². The van der Waals surface area contributed by atoms with Crippen LogP contribution in [0, 0.1) is 12.3 Å². The molecule has 0 saturated carbocycles. The highest BCUT2D eigenvalue weighted by Gasteiger charge is 2.06. The number of rotatable bonds is 6. The van der Waals surface area contributed by atoms with Crippen LogP contribution in [0.2, 0.25) is 0 Å². The second-order valence-corrected chi connectivity index (χ2v) is 5.43. The van der Waals surface area contributed by atoms with Crippen LogP contribution in [0.4, 0.5) is 0 Å². The summed E-state index contributed by atoms with van der Waals surface area (Å²) in [6.45, 7) is 4.21. The van der Waals surface area contributed by atoms with Crippen molar-refractivity contribution in [2.45, 2.75) is 6.61 Å². The summed E-state index contributed by atoms with van der Waals surface area (Å²) >= 11 is 0. The van der Waals surface area contributed by atoms with Crippen LogP contribution in [0.1, 0.15) is 5.56 Å². The van der Waals surface area contributed by atoms with Gasteiger partial charge in [-0.05, 0) is 29.8 Å². The van der Waals surface area contributed by atoms with Gasteiger partial charge in [-0.15, -0.1) is 6.42 Å². The Labute approximate surface area is 102 Å². The van der Waals surface area contributed by atoms with E-state index in [0.29, 0.717) is 19.0 Å². The zero-order valence-electron chi connectivity index (χ0n) is 9.50. The molecule has 90 valence electrons. The maximum atomic E-state index is 9.63. The van der Waals surface area contributed by atoms with Crippen LogP contribution in [-0.4, -0.2) is 17.8 Å². The summed E-state index contributed by atoms with van der Waals surface area (Å²) in [4.78, 5) is 9.63. The Balaban J connectivity index is 2.59. The highest BCUT2D eigenvalue weighted by molar-refractivity contribution is 7.66. The molecule has 1 rings (SSSR count). The maximum Gasteiger partial charge on any atom is 0.186 e. The van der Waals surface area contributed by atoms with Gasteiger partial charge in [-0.25, -0.2) is 0 Å². The summed E-state index contributed by atoms with van der Waals surface area (Å²) in [5.74, 6) is 4.28. The first-order chi connectivity index (χ1) is 8.07. The van der Waals surface area contributed by atoms with Gasteiger partial charge in [0.05, 0.1) is 6.61 Å². The lowest BCUT2D eigenvalue weighted by atomic mass is 10.2. The van der Waals surface area contributed by atoms with Gasteiger partial charge in [-0.1, -0.05) is 24.6 Å². The molecule has 1 aromatic rings. The van der Waals surface area contributed by atoms with Crippen LogP contribution >= 0.6 is 7.34 Å². The molecule has 0 saturated heterocycles. The van der Waals surface area contributed by atoms with Gasteiger partial charge in [0, 0.05) is 0 Å². The first kappa shape index (κ1) is 13.6. The fourth-order valence-corrected chi connectivity index (χ4v) is 1.66. The van der Waals surface area contributed by atoms with Crippen LogP contribution < -0.4 is 4.52 Å². The maximum absolute atomic E-state index is 9.63. The second kappa shape index (κ2) is 6.32. The first-order valence-electron chi connectivity index (χ1n) is 4.96. The molecule has 3 nitrogen and oxygen atoms in total. The minimum atomic E-state index is -2.73. The van der Waals surface area contributed by atoms with Gasteiger partial charge < -0.3 is 14.2 Å². The van der Waals surface area contributed by atoms with E-state index in [9.17, 15) is 4.89 Å². The molecule has 1 N–H and O–H groups in total. The summed E-state index contributed by atoms with van der Waals surface area (Å²) < 4.78 is 10.5. The van der Waals surface area contributed by atoms with Crippen molar-refractivity contribution >= 4 is 13.6 Å². The molecular formula is C13H15O3P. The highest BCUT2D eigenvalue weighted by atomic mass is 31.2. The Kier molecular flexibility index (Phi) is 5.06. The summed E-state index contributed by atoms with van der Waals surface area (Å²) in [6.07, 6.45) is 8.61. The number of benzene rings is 1. The molecule has 1 unspecified atom stereocenters. The monoisotopic (exact) mass is 250 g/mol. The molecule has 0 fully saturated rings. The van der Waals surface area contributed by atoms with Crippen molar-refractivity contribution < 1.29 is 14.2 Å². The van der Waals surface area contributed by atoms with Crippen LogP contribution in [0.3, 0.4) is 0 Å². The molecule has 0 aromatic heterocycles. The molecule has 1 atom stereocenters. The zero-order chi connectivity index (χ0) is 12.7. The molecule has 0 heterocycles. The topological polar surface area (TPSA) is 38.7 Å². The Bertz CT molecular complexity index is 457. The molecule has 1 aromatic carbocycles. The van der Waals surface area contributed by atoms with Gasteiger partial charge in [0.1, 0.15) is 12.4 Å². The van der Waals surface area contributed by atoms with E-state index in [1.165, 1.54) is 5.82 Å². The van der Waals surface area contributed by atoms with Gasteiger partial charge in [-0.2, -0.15) is 0 Å². The van der Waals surface area contributed by atoms with Crippen LogP contribution in [0.25, 0.3) is 0 Å². The van der Waals surface area contributed by atoms with Crippen molar-refractivity contribution in [2.24, 2.45) is 0 Å². The first-order valence-corrected chi connectivity index (χ1v) is 6.88. The molecule has 0 aliphatic rings. The van der Waals surface area contributed by atoms with E-state index < -0.39 is 7.34 Å². The normalized spacial score (nSPS) is 13.4. The average Bonchev–Trinajstić information content (AvgIpc) is 2.31. The van der Waals surface area contributed by atoms with Crippen LogP contribution in [0.5, 0.6) is 5.75 Å². The van der Waals surface area contributed by atoms with Crippen molar-refractivity contribution in [3.05, 3.63) is 42.2 Å². The molecule has 0 aliphatic carbocycles. The lowest BCUT2D eigenvalue weighted by Gasteiger charge is -2.14. The van der Waals surface area contributed by atoms with Crippen LogP contribution in [-0.2, 0) is 11.3 Å². The largest absolute Gasteiger partial charge is 0.450 e. The third-order valence-electron chi connectivity index (χ3n) is 1.93. The number of hydrogen-bond donors (Lipinski definition) is 1. The predicted molar refractivity (Wildman–Crippen MR) is 72.0 cm³/mol. The summed E-state index contributed by atoms with van der Waals surface area (Å²) in [5, 5.41) is 0. The van der Waals surface area contributed by atoms with Crippen molar-refractivity contribution in [2.75, 3.05) is 6.61 Å². The molecule has 0 radical (unpaired) electrons. The zero-order valence-corrected chi connectivity index (χ0v) is 10.4. The van der Waals surface area contributed by atoms with Gasteiger partial charge in [-0.3, -0.25) is 0 Å². The molecular weight excluding hydrogens is 235 g/mol. The van der Waals surface area contributed by atoms with Gasteiger partial charge in [0.2, 0.25) is 0 Å². The van der Waals surface area contributed by atoms with E-state index in [1.807, 2.05) is 12.1 Å². The Morgan fingerprint density at radius 1 is 1.41 bits per heavy atom. The van der Waals surface area contributed by atoms with E-state index in [1.54, 1.807) is 12.1 Å². The van der Waals surface area contributed by atoms with E-state index in [-0.39, 0.29) is 0 Å². The molecule has 17 heavy (non-hydrogen) atoms. The lowest BCUT2D eigenvalue weighted by molar-refractivity contribution is 0.153. The van der Waals surface area contributed by atoms with Gasteiger partial charge in [0.25, 0.3) is 0 Å². The van der Waals surface area contributed by atoms with E-state index in [0.717, 1.165) is 5.56 Å². The molecule has 4 heteroatoms. The highest BCUT2D eigenvalue weighted by Crippen LogP contribution is 2.42. The minimum absolute atomic E-state index is 0.291. The molecule has 0 spiro atoms. The second-order valence-electron chi connectivity index (χ2n) is 3.37. The van der Waals surface area contributed by atoms with Gasteiger partial charge in [0.15, 0.2) is 7.34 Å². The quantitative estimate of drug-likeness (QED) is 0.479. The van der Waals surface area contributed by atoms with Crippen molar-refractivity contribution in [1.82, 2.24) is 0 Å². The third kappa shape index (κ3) is 4.93. The summed E-state index contributed by atoms with van der Waals surface area (Å²) in [6, 6.07) is 7.17. The molecule has 0 aliphatic heterocycles. The molecule has 0 amide bonds. The van der Waals surface area contributed by atoms with E-state index >= 15 is 0 Å². The SMILES string of the molecule is C#CCOCc1ccc(OP(=C)(O)C=C)cc1. The Morgan fingerprint density at radius 2 is 2.06 bits per heavy atom. The molecule has 0 bridgehead atoms. The van der Waals surface area contributed by atoms with Crippen molar-refractivity contribution in [1.29, 1.82) is 0 Å². The predicted octanol–water partition coefficient (Wildman–Crippen LogP) is 2.63. The smallest absolute Gasteiger partial charge is 0.186 e. The standard InChI is InChI=1S/C13H15O3P/c1-4-10-15-11-12-6-8-13(9-7-12)16-17(3,14)5-2/h1,5-9,14H,2-3,10-11H2. The van der Waals surface area contributed by atoms with E-state index in [4.69, 9.17) is 15.7 Å². The number of hydrogen-bond acceptors (Lipinski definition) is 3. The number of terminal acetylenes is 1. The lowest BCUT2D eigenvalue weighted by Crippen LogP contribution is -1.93.